The van der Waals surface area contributed by atoms with Crippen LogP contribution in [0.25, 0.3) is 11.3 Å². The average molecular weight is 301 g/mol. The summed E-state index contributed by atoms with van der Waals surface area (Å²) < 4.78 is 0. The van der Waals surface area contributed by atoms with E-state index in [4.69, 9.17) is 4.98 Å². The van der Waals surface area contributed by atoms with Gasteiger partial charge in [-0.3, -0.25) is 0 Å². The van der Waals surface area contributed by atoms with Crippen LogP contribution in [0.1, 0.15) is 25.1 Å². The maximum absolute atomic E-state index is 4.95. The molecule has 1 aromatic heterocycles. The van der Waals surface area contributed by atoms with Gasteiger partial charge in [0.05, 0.1) is 5.69 Å². The first-order valence-corrected chi connectivity index (χ1v) is 8.35. The smallest absolute Gasteiger partial charge is 0.186 e. The van der Waals surface area contributed by atoms with Crippen LogP contribution in [-0.2, 0) is 6.54 Å². The molecule has 2 heterocycles. The highest BCUT2D eigenvalue weighted by Crippen LogP contribution is 2.38. The molecule has 3 rings (SSSR count). The second-order valence-electron chi connectivity index (χ2n) is 6.50. The number of nitrogens with zero attached hydrogens (tertiary/aromatic N) is 2. The van der Waals surface area contributed by atoms with E-state index in [1.807, 2.05) is 18.4 Å². The van der Waals surface area contributed by atoms with Crippen molar-refractivity contribution in [3.8, 4) is 11.3 Å². The Morgan fingerprint density at radius 2 is 2.05 bits per heavy atom. The largest absolute Gasteiger partial charge is 0.348 e. The first-order valence-electron chi connectivity index (χ1n) is 7.54. The van der Waals surface area contributed by atoms with Crippen molar-refractivity contribution in [2.45, 2.75) is 26.8 Å². The lowest BCUT2D eigenvalue weighted by Gasteiger charge is -2.18. The van der Waals surface area contributed by atoms with E-state index >= 15 is 0 Å². The molecule has 1 aromatic carbocycles. The lowest BCUT2D eigenvalue weighted by molar-refractivity contribution is 0.418. The fourth-order valence-electron chi connectivity index (χ4n) is 2.85. The molecule has 1 aliphatic rings. The van der Waals surface area contributed by atoms with E-state index in [1.54, 1.807) is 0 Å². The van der Waals surface area contributed by atoms with Crippen LogP contribution < -0.4 is 10.2 Å². The number of hydrogen-bond donors (Lipinski definition) is 1. The van der Waals surface area contributed by atoms with Crippen LogP contribution in [0.2, 0.25) is 0 Å². The van der Waals surface area contributed by atoms with Crippen LogP contribution in [-0.4, -0.2) is 25.1 Å². The lowest BCUT2D eigenvalue weighted by Crippen LogP contribution is -2.22. The quantitative estimate of drug-likeness (QED) is 0.932. The Labute approximate surface area is 131 Å². The highest BCUT2D eigenvalue weighted by molar-refractivity contribution is 7.16. The molecule has 1 saturated heterocycles. The summed E-state index contributed by atoms with van der Waals surface area (Å²) in [5.74, 6) is 0. The highest BCUT2D eigenvalue weighted by Gasteiger charge is 2.31. The summed E-state index contributed by atoms with van der Waals surface area (Å²) in [6, 6.07) is 10.5. The third-order valence-corrected chi connectivity index (χ3v) is 5.13. The first-order chi connectivity index (χ1) is 10.1. The van der Waals surface area contributed by atoms with Crippen molar-refractivity contribution in [1.29, 1.82) is 0 Å². The number of benzene rings is 1. The van der Waals surface area contributed by atoms with Crippen LogP contribution in [0, 0.1) is 5.41 Å². The molecule has 0 saturated carbocycles. The first kappa shape index (κ1) is 14.5. The Bertz CT molecular complexity index is 604. The molecule has 0 spiro atoms. The molecule has 0 amide bonds. The molecule has 1 N–H and O–H groups in total. The van der Waals surface area contributed by atoms with Gasteiger partial charge < -0.3 is 10.2 Å². The van der Waals surface area contributed by atoms with Crippen LogP contribution in [0.3, 0.4) is 0 Å². The van der Waals surface area contributed by atoms with E-state index in [1.165, 1.54) is 22.0 Å². The second-order valence-corrected chi connectivity index (χ2v) is 7.56. The molecular weight excluding hydrogens is 278 g/mol. The van der Waals surface area contributed by atoms with E-state index in [2.05, 4.69) is 54.4 Å². The monoisotopic (exact) mass is 301 g/mol. The van der Waals surface area contributed by atoms with Gasteiger partial charge in [0.15, 0.2) is 5.13 Å². The summed E-state index contributed by atoms with van der Waals surface area (Å²) in [6.45, 7) is 7.78. The fourth-order valence-corrected chi connectivity index (χ4v) is 3.97. The van der Waals surface area contributed by atoms with Gasteiger partial charge in [0.25, 0.3) is 0 Å². The van der Waals surface area contributed by atoms with E-state index in [0.717, 1.165) is 25.3 Å². The third-order valence-electron chi connectivity index (χ3n) is 4.02. The molecule has 3 nitrogen and oxygen atoms in total. The predicted molar refractivity (Wildman–Crippen MR) is 90.9 cm³/mol. The SMILES string of the molecule is CNCc1sc(N2CCC(C)(C)C2)nc1-c1ccccc1. The van der Waals surface area contributed by atoms with Gasteiger partial charge in [-0.25, -0.2) is 4.98 Å². The fraction of sp³-hybridized carbons (Fsp3) is 0.471. The zero-order chi connectivity index (χ0) is 14.9. The van der Waals surface area contributed by atoms with Crippen molar-refractivity contribution in [2.24, 2.45) is 5.41 Å². The Morgan fingerprint density at radius 1 is 1.29 bits per heavy atom. The van der Waals surface area contributed by atoms with Gasteiger partial charge in [-0.1, -0.05) is 55.5 Å². The summed E-state index contributed by atoms with van der Waals surface area (Å²) >= 11 is 1.83. The minimum absolute atomic E-state index is 0.405. The number of rotatable bonds is 4. The van der Waals surface area contributed by atoms with Gasteiger partial charge in [0.2, 0.25) is 0 Å². The van der Waals surface area contributed by atoms with Gasteiger partial charge in [-0.15, -0.1) is 0 Å². The summed E-state index contributed by atoms with van der Waals surface area (Å²) in [5, 5.41) is 4.44. The summed E-state index contributed by atoms with van der Waals surface area (Å²) in [5.41, 5.74) is 2.75. The topological polar surface area (TPSA) is 28.2 Å². The zero-order valence-electron chi connectivity index (χ0n) is 13.0. The summed E-state index contributed by atoms with van der Waals surface area (Å²) in [4.78, 5) is 8.71. The molecular formula is C17H23N3S. The van der Waals surface area contributed by atoms with Gasteiger partial charge in [-0.2, -0.15) is 0 Å². The third kappa shape index (κ3) is 3.11. The van der Waals surface area contributed by atoms with Crippen LogP contribution >= 0.6 is 11.3 Å². The van der Waals surface area contributed by atoms with Gasteiger partial charge in [-0.05, 0) is 18.9 Å². The van der Waals surface area contributed by atoms with Crippen molar-refractivity contribution >= 4 is 16.5 Å². The second kappa shape index (κ2) is 5.78. The van der Waals surface area contributed by atoms with E-state index in [9.17, 15) is 0 Å². The standard InChI is InChI=1S/C17H23N3S/c1-17(2)9-10-20(12-17)16-19-15(14(21-16)11-18-3)13-7-5-4-6-8-13/h4-8,18H,9-12H2,1-3H3. The van der Waals surface area contributed by atoms with Crippen LogP contribution in [0.5, 0.6) is 0 Å². The zero-order valence-corrected chi connectivity index (χ0v) is 13.8. The van der Waals surface area contributed by atoms with Crippen molar-refractivity contribution in [3.63, 3.8) is 0 Å². The Kier molecular flexibility index (Phi) is 4.00. The number of thiazole rings is 1. The Hall–Kier alpha value is -1.39. The Balaban J connectivity index is 1.94. The van der Waals surface area contributed by atoms with Gasteiger partial charge >= 0.3 is 0 Å². The molecule has 0 radical (unpaired) electrons. The molecule has 112 valence electrons. The maximum atomic E-state index is 4.95. The molecule has 0 unspecified atom stereocenters. The summed E-state index contributed by atoms with van der Waals surface area (Å²) in [6.07, 6.45) is 1.24. The highest BCUT2D eigenvalue weighted by atomic mass is 32.1. The van der Waals surface area contributed by atoms with Crippen molar-refractivity contribution in [3.05, 3.63) is 35.2 Å². The van der Waals surface area contributed by atoms with E-state index < -0.39 is 0 Å². The predicted octanol–water partition coefficient (Wildman–Crippen LogP) is 3.77. The number of anilines is 1. The van der Waals surface area contributed by atoms with E-state index in [0.29, 0.717) is 5.41 Å². The molecule has 2 aromatic rings. The molecule has 0 bridgehead atoms. The van der Waals surface area contributed by atoms with Crippen LogP contribution in [0.4, 0.5) is 5.13 Å². The molecule has 21 heavy (non-hydrogen) atoms. The molecule has 0 aliphatic carbocycles. The summed E-state index contributed by atoms with van der Waals surface area (Å²) in [7, 11) is 1.99. The molecule has 1 fully saturated rings. The molecule has 1 aliphatic heterocycles. The number of aromatic nitrogens is 1. The van der Waals surface area contributed by atoms with Crippen molar-refractivity contribution < 1.29 is 0 Å². The van der Waals surface area contributed by atoms with Crippen molar-refractivity contribution in [1.82, 2.24) is 10.3 Å². The number of hydrogen-bond acceptors (Lipinski definition) is 4. The Morgan fingerprint density at radius 3 is 2.67 bits per heavy atom. The van der Waals surface area contributed by atoms with Gasteiger partial charge in [0.1, 0.15) is 0 Å². The maximum Gasteiger partial charge on any atom is 0.186 e. The minimum Gasteiger partial charge on any atom is -0.348 e. The molecule has 0 atom stereocenters. The molecule has 4 heteroatoms. The normalized spacial score (nSPS) is 17.4. The van der Waals surface area contributed by atoms with Crippen LogP contribution in [0.15, 0.2) is 30.3 Å². The van der Waals surface area contributed by atoms with E-state index in [-0.39, 0.29) is 0 Å². The lowest BCUT2D eigenvalue weighted by atomic mass is 9.93. The number of nitrogens with one attached hydrogen (secondary N) is 1. The van der Waals surface area contributed by atoms with Gasteiger partial charge in [0, 0.05) is 30.1 Å². The minimum atomic E-state index is 0.405. The average Bonchev–Trinajstić information content (AvgIpc) is 3.04. The van der Waals surface area contributed by atoms with Crippen molar-refractivity contribution in [2.75, 3.05) is 25.0 Å².